The van der Waals surface area contributed by atoms with Crippen LogP contribution in [0.4, 0.5) is 5.69 Å². The van der Waals surface area contributed by atoms with Crippen LogP contribution in [-0.2, 0) is 6.54 Å². The highest BCUT2D eigenvalue weighted by atomic mass is 35.5. The summed E-state index contributed by atoms with van der Waals surface area (Å²) in [6.07, 6.45) is 5.69. The number of hydrogen-bond donors (Lipinski definition) is 1. The van der Waals surface area contributed by atoms with E-state index in [0.717, 1.165) is 27.8 Å². The number of anilines is 1. The normalized spacial score (nSPS) is 10.9. The Bertz CT molecular complexity index is 979. The fourth-order valence-corrected chi connectivity index (χ4v) is 2.81. The van der Waals surface area contributed by atoms with Crippen LogP contribution in [0.3, 0.4) is 0 Å². The number of para-hydroxylation sites is 1. The first-order valence-corrected chi connectivity index (χ1v) is 8.04. The molecule has 4 rings (SSSR count). The van der Waals surface area contributed by atoms with E-state index < -0.39 is 0 Å². The quantitative estimate of drug-likeness (QED) is 0.589. The smallest absolute Gasteiger partial charge is 0.0737 e. The monoisotopic (exact) mass is 334 g/mol. The van der Waals surface area contributed by atoms with Crippen molar-refractivity contribution in [1.29, 1.82) is 0 Å². The van der Waals surface area contributed by atoms with Gasteiger partial charge in [-0.25, -0.2) is 4.68 Å². The van der Waals surface area contributed by atoms with Gasteiger partial charge in [0.05, 0.1) is 17.4 Å². The molecule has 0 saturated heterocycles. The number of benzene rings is 2. The minimum Gasteiger partial charge on any atom is -0.380 e. The van der Waals surface area contributed by atoms with Gasteiger partial charge in [-0.2, -0.15) is 5.10 Å². The van der Waals surface area contributed by atoms with Crippen molar-refractivity contribution in [3.05, 3.63) is 83.8 Å². The fraction of sp³-hybridized carbons (Fsp3) is 0.0526. The molecule has 0 aliphatic carbocycles. The molecule has 0 radical (unpaired) electrons. The highest BCUT2D eigenvalue weighted by Gasteiger charge is 2.04. The van der Waals surface area contributed by atoms with E-state index in [1.54, 1.807) is 6.20 Å². The van der Waals surface area contributed by atoms with Gasteiger partial charge in [-0.1, -0.05) is 29.8 Å². The van der Waals surface area contributed by atoms with Crippen molar-refractivity contribution in [3.8, 4) is 5.69 Å². The average Bonchev–Trinajstić information content (AvgIpc) is 3.09. The molecule has 0 fully saturated rings. The highest BCUT2D eigenvalue weighted by molar-refractivity contribution is 6.31. The van der Waals surface area contributed by atoms with Gasteiger partial charge in [0.2, 0.25) is 0 Å². The highest BCUT2D eigenvalue weighted by Crippen LogP contribution is 2.24. The number of nitrogens with one attached hydrogen (secondary N) is 1. The second kappa shape index (κ2) is 6.34. The summed E-state index contributed by atoms with van der Waals surface area (Å²) in [6, 6.07) is 17.8. The first kappa shape index (κ1) is 14.7. The number of fused-ring (bicyclic) bond motifs is 1. The van der Waals surface area contributed by atoms with Crippen molar-refractivity contribution in [2.75, 3.05) is 5.32 Å². The van der Waals surface area contributed by atoms with E-state index in [4.69, 9.17) is 11.6 Å². The van der Waals surface area contributed by atoms with Gasteiger partial charge in [0.1, 0.15) is 0 Å². The lowest BCUT2D eigenvalue weighted by Gasteiger charge is -2.08. The summed E-state index contributed by atoms with van der Waals surface area (Å²) in [5.74, 6) is 0. The summed E-state index contributed by atoms with van der Waals surface area (Å²) in [7, 11) is 0. The molecule has 5 heteroatoms. The summed E-state index contributed by atoms with van der Waals surface area (Å²) in [5, 5.41) is 9.62. The van der Waals surface area contributed by atoms with Crippen LogP contribution in [0.25, 0.3) is 16.6 Å². The minimum absolute atomic E-state index is 0.689. The maximum atomic E-state index is 6.03. The molecule has 2 aromatic heterocycles. The number of nitrogens with zero attached hydrogens (tertiary/aromatic N) is 3. The van der Waals surface area contributed by atoms with E-state index in [1.165, 1.54) is 0 Å². The van der Waals surface area contributed by atoms with Gasteiger partial charge >= 0.3 is 0 Å². The molecule has 0 atom stereocenters. The maximum Gasteiger partial charge on any atom is 0.0737 e. The second-order valence-electron chi connectivity index (χ2n) is 5.50. The van der Waals surface area contributed by atoms with E-state index in [1.807, 2.05) is 71.7 Å². The number of aromatic nitrogens is 3. The molecule has 2 heterocycles. The zero-order chi connectivity index (χ0) is 16.4. The zero-order valence-corrected chi connectivity index (χ0v) is 13.6. The summed E-state index contributed by atoms with van der Waals surface area (Å²) >= 11 is 6.03. The predicted molar refractivity (Wildman–Crippen MR) is 97.6 cm³/mol. The molecule has 0 aliphatic heterocycles. The van der Waals surface area contributed by atoms with E-state index in [9.17, 15) is 0 Å². The SMILES string of the molecule is Clc1ccc2c(NCc3cnn(-c4ccccc4)c3)ccnc2c1. The first-order valence-electron chi connectivity index (χ1n) is 7.67. The largest absolute Gasteiger partial charge is 0.380 e. The maximum absolute atomic E-state index is 6.03. The first-order chi connectivity index (χ1) is 11.8. The molecule has 0 aliphatic rings. The Kier molecular flexibility index (Phi) is 3.89. The van der Waals surface area contributed by atoms with E-state index in [2.05, 4.69) is 15.4 Å². The number of pyridine rings is 1. The Hall–Kier alpha value is -2.85. The number of rotatable bonds is 4. The Morgan fingerprint density at radius 2 is 1.92 bits per heavy atom. The summed E-state index contributed by atoms with van der Waals surface area (Å²) < 4.78 is 1.88. The van der Waals surface area contributed by atoms with Crippen LogP contribution in [-0.4, -0.2) is 14.8 Å². The molecule has 2 aromatic carbocycles. The van der Waals surface area contributed by atoms with Crippen molar-refractivity contribution in [2.24, 2.45) is 0 Å². The molecule has 0 saturated carbocycles. The molecule has 0 amide bonds. The van der Waals surface area contributed by atoms with Gasteiger partial charge in [0.25, 0.3) is 0 Å². The Balaban J connectivity index is 1.55. The van der Waals surface area contributed by atoms with E-state index >= 15 is 0 Å². The standard InChI is InChI=1S/C19H15ClN4/c20-15-6-7-17-18(8-9-21-19(17)10-15)22-11-14-12-23-24(13-14)16-4-2-1-3-5-16/h1-10,12-13H,11H2,(H,21,22). The molecule has 0 bridgehead atoms. The Labute approximate surface area is 144 Å². The van der Waals surface area contributed by atoms with Crippen LogP contribution < -0.4 is 5.32 Å². The lowest BCUT2D eigenvalue weighted by atomic mass is 10.2. The van der Waals surface area contributed by atoms with Crippen LogP contribution in [0, 0.1) is 0 Å². The number of hydrogen-bond acceptors (Lipinski definition) is 3. The van der Waals surface area contributed by atoms with Gasteiger partial charge in [0.15, 0.2) is 0 Å². The molecule has 0 unspecified atom stereocenters. The number of halogens is 1. The van der Waals surface area contributed by atoms with Crippen LogP contribution in [0.5, 0.6) is 0 Å². The molecule has 4 nitrogen and oxygen atoms in total. The zero-order valence-electron chi connectivity index (χ0n) is 12.9. The molecule has 1 N–H and O–H groups in total. The Morgan fingerprint density at radius 1 is 1.04 bits per heavy atom. The van der Waals surface area contributed by atoms with Crippen molar-refractivity contribution in [1.82, 2.24) is 14.8 Å². The van der Waals surface area contributed by atoms with E-state index in [0.29, 0.717) is 11.6 Å². The molecule has 4 aromatic rings. The summed E-state index contributed by atoms with van der Waals surface area (Å²) in [6.45, 7) is 0.689. The predicted octanol–water partition coefficient (Wildman–Crippen LogP) is 4.69. The third kappa shape index (κ3) is 2.96. The lowest BCUT2D eigenvalue weighted by molar-refractivity contribution is 0.880. The van der Waals surface area contributed by atoms with Gasteiger partial charge in [-0.15, -0.1) is 0 Å². The second-order valence-corrected chi connectivity index (χ2v) is 5.94. The van der Waals surface area contributed by atoms with Crippen molar-refractivity contribution in [3.63, 3.8) is 0 Å². The summed E-state index contributed by atoms with van der Waals surface area (Å²) in [4.78, 5) is 4.36. The van der Waals surface area contributed by atoms with Crippen LogP contribution in [0.2, 0.25) is 5.02 Å². The van der Waals surface area contributed by atoms with Gasteiger partial charge in [0, 0.05) is 40.6 Å². The fourth-order valence-electron chi connectivity index (χ4n) is 2.65. The Morgan fingerprint density at radius 3 is 2.79 bits per heavy atom. The summed E-state index contributed by atoms with van der Waals surface area (Å²) in [5.41, 5.74) is 4.07. The topological polar surface area (TPSA) is 42.7 Å². The van der Waals surface area contributed by atoms with E-state index in [-0.39, 0.29) is 0 Å². The van der Waals surface area contributed by atoms with Crippen molar-refractivity contribution < 1.29 is 0 Å². The van der Waals surface area contributed by atoms with Gasteiger partial charge in [-0.05, 0) is 36.4 Å². The third-order valence-electron chi connectivity index (χ3n) is 3.84. The molecule has 0 spiro atoms. The molecule has 118 valence electrons. The van der Waals surface area contributed by atoms with Crippen molar-refractivity contribution in [2.45, 2.75) is 6.54 Å². The molecule has 24 heavy (non-hydrogen) atoms. The lowest BCUT2D eigenvalue weighted by Crippen LogP contribution is -1.99. The van der Waals surface area contributed by atoms with Crippen LogP contribution >= 0.6 is 11.6 Å². The van der Waals surface area contributed by atoms with Gasteiger partial charge in [-0.3, -0.25) is 4.98 Å². The van der Waals surface area contributed by atoms with Crippen LogP contribution in [0.15, 0.2) is 73.2 Å². The van der Waals surface area contributed by atoms with Crippen molar-refractivity contribution >= 4 is 28.2 Å². The molecular weight excluding hydrogens is 320 g/mol. The third-order valence-corrected chi connectivity index (χ3v) is 4.08. The van der Waals surface area contributed by atoms with Crippen LogP contribution in [0.1, 0.15) is 5.56 Å². The molecular formula is C19H15ClN4. The average molecular weight is 335 g/mol. The van der Waals surface area contributed by atoms with Gasteiger partial charge < -0.3 is 5.32 Å². The minimum atomic E-state index is 0.689.